The molecule has 1 amide bonds. The zero-order valence-electron chi connectivity index (χ0n) is 17.6. The maximum absolute atomic E-state index is 12.9. The van der Waals surface area contributed by atoms with E-state index in [9.17, 15) is 18.0 Å². The summed E-state index contributed by atoms with van der Waals surface area (Å²) in [6, 6.07) is 11.8. The van der Waals surface area contributed by atoms with Crippen LogP contribution in [0.2, 0.25) is 0 Å². The second-order valence-corrected chi connectivity index (χ2v) is 7.37. The molecule has 0 unspecified atom stereocenters. The Balaban J connectivity index is 1.74. The van der Waals surface area contributed by atoms with Gasteiger partial charge in [0.2, 0.25) is 0 Å². The summed E-state index contributed by atoms with van der Waals surface area (Å²) < 4.78 is 38.7. The molecule has 2 aromatic carbocycles. The van der Waals surface area contributed by atoms with Crippen molar-refractivity contribution in [1.29, 1.82) is 0 Å². The molecule has 0 saturated heterocycles. The van der Waals surface area contributed by atoms with Crippen molar-refractivity contribution in [2.75, 3.05) is 10.6 Å². The van der Waals surface area contributed by atoms with Gasteiger partial charge in [-0.15, -0.1) is 0 Å². The fourth-order valence-electron chi connectivity index (χ4n) is 3.14. The fourth-order valence-corrected chi connectivity index (χ4v) is 3.14. The molecule has 0 fully saturated rings. The Hall–Kier alpha value is -3.35. The van der Waals surface area contributed by atoms with E-state index in [2.05, 4.69) is 28.6 Å². The number of nitrogens with zero attached hydrogens (tertiary/aromatic N) is 1. The first kappa shape index (κ1) is 22.3. The van der Waals surface area contributed by atoms with Crippen LogP contribution in [0.15, 0.2) is 54.7 Å². The average molecular weight is 427 g/mol. The van der Waals surface area contributed by atoms with Gasteiger partial charge in [-0.25, -0.2) is 0 Å². The zero-order chi connectivity index (χ0) is 22.6. The summed E-state index contributed by atoms with van der Waals surface area (Å²) in [6.07, 6.45) is -1.75. The summed E-state index contributed by atoms with van der Waals surface area (Å²) in [7, 11) is 0. The number of hydrogen-bond donors (Lipinski definition) is 2. The molecule has 0 bridgehead atoms. The first-order valence-electron chi connectivity index (χ1n) is 9.95. The van der Waals surface area contributed by atoms with E-state index in [0.717, 1.165) is 46.6 Å². The standard InChI is InChI=1S/C24H24F3N3O/c1-4-20-10-16(3)18(13-28-20)14-29-22-11-17(9-8-15(22)2)23(31)30-21-7-5-6-19(12-21)24(25,26)27/h5-13,29H,4,14H2,1-3H3,(H,30,31). The Labute approximate surface area is 179 Å². The van der Waals surface area contributed by atoms with Gasteiger partial charge in [-0.3, -0.25) is 9.78 Å². The number of anilines is 2. The van der Waals surface area contributed by atoms with Crippen LogP contribution in [0.5, 0.6) is 0 Å². The normalized spacial score (nSPS) is 11.3. The number of pyridine rings is 1. The topological polar surface area (TPSA) is 54.0 Å². The van der Waals surface area contributed by atoms with Gasteiger partial charge >= 0.3 is 6.18 Å². The van der Waals surface area contributed by atoms with Crippen molar-refractivity contribution in [1.82, 2.24) is 4.98 Å². The minimum atomic E-state index is -4.47. The number of aromatic nitrogens is 1. The third-order valence-electron chi connectivity index (χ3n) is 5.05. The summed E-state index contributed by atoms with van der Waals surface area (Å²) in [5.41, 5.74) is 4.57. The Morgan fingerprint density at radius 1 is 1.03 bits per heavy atom. The lowest BCUT2D eigenvalue weighted by Gasteiger charge is -2.14. The van der Waals surface area contributed by atoms with Crippen molar-refractivity contribution >= 4 is 17.3 Å². The van der Waals surface area contributed by atoms with E-state index in [1.807, 2.05) is 20.0 Å². The molecule has 0 spiro atoms. The molecule has 3 rings (SSSR count). The number of nitrogens with one attached hydrogen (secondary N) is 2. The van der Waals surface area contributed by atoms with Crippen LogP contribution in [0.25, 0.3) is 0 Å². The summed E-state index contributed by atoms with van der Waals surface area (Å²) in [5.74, 6) is -0.479. The number of aryl methyl sites for hydroxylation is 3. The lowest BCUT2D eigenvalue weighted by Crippen LogP contribution is -2.14. The smallest absolute Gasteiger partial charge is 0.381 e. The highest BCUT2D eigenvalue weighted by Crippen LogP contribution is 2.31. The van der Waals surface area contributed by atoms with Gasteiger partial charge in [0.25, 0.3) is 5.91 Å². The third kappa shape index (κ3) is 5.63. The third-order valence-corrected chi connectivity index (χ3v) is 5.05. The van der Waals surface area contributed by atoms with E-state index in [4.69, 9.17) is 0 Å². The molecule has 3 aromatic rings. The van der Waals surface area contributed by atoms with E-state index in [-0.39, 0.29) is 5.69 Å². The highest BCUT2D eigenvalue weighted by Gasteiger charge is 2.30. The van der Waals surface area contributed by atoms with Crippen molar-refractivity contribution < 1.29 is 18.0 Å². The summed E-state index contributed by atoms with van der Waals surface area (Å²) in [4.78, 5) is 17.0. The van der Waals surface area contributed by atoms with Gasteiger partial charge in [-0.1, -0.05) is 19.1 Å². The van der Waals surface area contributed by atoms with E-state index in [1.165, 1.54) is 12.1 Å². The number of rotatable bonds is 6. The quantitative estimate of drug-likeness (QED) is 0.497. The molecule has 2 N–H and O–H groups in total. The molecular weight excluding hydrogens is 403 g/mol. The molecule has 7 heteroatoms. The minimum Gasteiger partial charge on any atom is -0.381 e. The van der Waals surface area contributed by atoms with Crippen molar-refractivity contribution in [2.24, 2.45) is 0 Å². The number of carbonyl (C=O) groups excluding carboxylic acids is 1. The Bertz CT molecular complexity index is 1090. The van der Waals surface area contributed by atoms with Crippen molar-refractivity contribution in [3.8, 4) is 0 Å². The predicted octanol–water partition coefficient (Wildman–Crippen LogP) is 6.14. The maximum Gasteiger partial charge on any atom is 0.416 e. The maximum atomic E-state index is 12.9. The molecule has 1 heterocycles. The van der Waals surface area contributed by atoms with E-state index >= 15 is 0 Å². The lowest BCUT2D eigenvalue weighted by molar-refractivity contribution is -0.137. The largest absolute Gasteiger partial charge is 0.416 e. The molecule has 0 radical (unpaired) electrons. The predicted molar refractivity (Wildman–Crippen MR) is 116 cm³/mol. The van der Waals surface area contributed by atoms with Crippen LogP contribution in [0.1, 0.15) is 45.2 Å². The highest BCUT2D eigenvalue weighted by atomic mass is 19.4. The first-order valence-corrected chi connectivity index (χ1v) is 9.95. The number of amides is 1. The van der Waals surface area contributed by atoms with Crippen molar-refractivity contribution in [3.05, 3.63) is 88.2 Å². The summed E-state index contributed by atoms with van der Waals surface area (Å²) in [5, 5.41) is 5.86. The van der Waals surface area contributed by atoms with Crippen LogP contribution in [0.3, 0.4) is 0 Å². The molecule has 0 atom stereocenters. The average Bonchev–Trinajstić information content (AvgIpc) is 2.73. The van der Waals surface area contributed by atoms with Gasteiger partial charge in [0, 0.05) is 35.4 Å². The minimum absolute atomic E-state index is 0.0904. The number of benzene rings is 2. The van der Waals surface area contributed by atoms with E-state index < -0.39 is 17.6 Å². The van der Waals surface area contributed by atoms with Crippen LogP contribution in [-0.4, -0.2) is 10.9 Å². The second kappa shape index (κ2) is 9.20. The molecule has 0 saturated carbocycles. The van der Waals surface area contributed by atoms with Crippen LogP contribution in [0, 0.1) is 13.8 Å². The van der Waals surface area contributed by atoms with Gasteiger partial charge in [-0.05, 0) is 73.4 Å². The van der Waals surface area contributed by atoms with Crippen LogP contribution < -0.4 is 10.6 Å². The van der Waals surface area contributed by atoms with Gasteiger partial charge in [0.1, 0.15) is 0 Å². The second-order valence-electron chi connectivity index (χ2n) is 7.37. The van der Waals surface area contributed by atoms with Gasteiger partial charge < -0.3 is 10.6 Å². The molecule has 162 valence electrons. The SMILES string of the molecule is CCc1cc(C)c(CNc2cc(C(=O)Nc3cccc(C(F)(F)F)c3)ccc2C)cn1. The van der Waals surface area contributed by atoms with Crippen molar-refractivity contribution in [2.45, 2.75) is 39.9 Å². The molecule has 0 aliphatic rings. The van der Waals surface area contributed by atoms with Gasteiger partial charge in [0.15, 0.2) is 0 Å². The fraction of sp³-hybridized carbons (Fsp3) is 0.250. The molecule has 31 heavy (non-hydrogen) atoms. The van der Waals surface area contributed by atoms with Gasteiger partial charge in [0.05, 0.1) is 5.56 Å². The van der Waals surface area contributed by atoms with Crippen molar-refractivity contribution in [3.63, 3.8) is 0 Å². The number of hydrogen-bond acceptors (Lipinski definition) is 3. The molecule has 0 aliphatic heterocycles. The molecule has 1 aromatic heterocycles. The first-order chi connectivity index (χ1) is 14.7. The monoisotopic (exact) mass is 427 g/mol. The van der Waals surface area contributed by atoms with Crippen LogP contribution >= 0.6 is 0 Å². The number of alkyl halides is 3. The molecular formula is C24H24F3N3O. The van der Waals surface area contributed by atoms with E-state index in [0.29, 0.717) is 12.1 Å². The Kier molecular flexibility index (Phi) is 6.63. The summed E-state index contributed by atoms with van der Waals surface area (Å²) in [6.45, 7) is 6.55. The van der Waals surface area contributed by atoms with Crippen LogP contribution in [0.4, 0.5) is 24.5 Å². The zero-order valence-corrected chi connectivity index (χ0v) is 17.6. The number of carbonyl (C=O) groups is 1. The lowest BCUT2D eigenvalue weighted by atomic mass is 10.1. The molecule has 4 nitrogen and oxygen atoms in total. The van der Waals surface area contributed by atoms with E-state index in [1.54, 1.807) is 18.2 Å². The summed E-state index contributed by atoms with van der Waals surface area (Å²) >= 11 is 0. The van der Waals surface area contributed by atoms with Gasteiger partial charge in [-0.2, -0.15) is 13.2 Å². The number of halogens is 3. The highest BCUT2D eigenvalue weighted by molar-refractivity contribution is 6.05. The Morgan fingerprint density at radius 3 is 2.48 bits per heavy atom. The van der Waals surface area contributed by atoms with Crippen LogP contribution in [-0.2, 0) is 19.1 Å². The molecule has 0 aliphatic carbocycles. The Morgan fingerprint density at radius 2 is 1.81 bits per heavy atom.